The summed E-state index contributed by atoms with van der Waals surface area (Å²) in [6, 6.07) is 25.0. The molecule has 4 rings (SSSR count). The number of hydrogen-bond acceptors (Lipinski definition) is 4. The van der Waals surface area contributed by atoms with E-state index in [1.807, 2.05) is 90.4 Å². The second kappa shape index (κ2) is 9.15. The predicted molar refractivity (Wildman–Crippen MR) is 122 cm³/mol. The van der Waals surface area contributed by atoms with E-state index < -0.39 is 0 Å². The lowest BCUT2D eigenvalue weighted by Crippen LogP contribution is -2.14. The summed E-state index contributed by atoms with van der Waals surface area (Å²) >= 11 is 7.37. The molecule has 0 aliphatic carbocycles. The van der Waals surface area contributed by atoms with Crippen LogP contribution in [0.2, 0.25) is 5.02 Å². The van der Waals surface area contributed by atoms with Gasteiger partial charge in [-0.3, -0.25) is 9.36 Å². The van der Waals surface area contributed by atoms with Crippen LogP contribution in [0.5, 0.6) is 0 Å². The molecule has 0 atom stereocenters. The number of nitrogens with one attached hydrogen (secondary N) is 1. The summed E-state index contributed by atoms with van der Waals surface area (Å²) in [4.78, 5) is 12.5. The summed E-state index contributed by atoms with van der Waals surface area (Å²) in [7, 11) is 0. The van der Waals surface area contributed by atoms with Crippen molar-refractivity contribution in [3.05, 3.63) is 89.4 Å². The fraction of sp³-hybridized carbons (Fsp3) is 0.0870. The van der Waals surface area contributed by atoms with E-state index in [9.17, 15) is 4.79 Å². The van der Waals surface area contributed by atoms with E-state index in [-0.39, 0.29) is 11.7 Å². The monoisotopic (exact) mass is 434 g/mol. The van der Waals surface area contributed by atoms with Crippen LogP contribution in [0.15, 0.2) is 84.0 Å². The average Bonchev–Trinajstić information content (AvgIpc) is 3.17. The summed E-state index contributed by atoms with van der Waals surface area (Å²) in [5.74, 6) is 0.820. The molecule has 5 nitrogen and oxygen atoms in total. The number of anilines is 1. The topological polar surface area (TPSA) is 59.8 Å². The fourth-order valence-electron chi connectivity index (χ4n) is 3.01. The molecule has 7 heteroatoms. The Kier molecular flexibility index (Phi) is 6.16. The molecule has 1 amide bonds. The van der Waals surface area contributed by atoms with Gasteiger partial charge in [-0.2, -0.15) is 0 Å². The van der Waals surface area contributed by atoms with Crippen molar-refractivity contribution in [2.24, 2.45) is 0 Å². The van der Waals surface area contributed by atoms with Crippen molar-refractivity contribution >= 4 is 35.0 Å². The molecule has 4 aromatic rings. The number of rotatable bonds is 6. The molecule has 150 valence electrons. The Morgan fingerprint density at radius 3 is 2.50 bits per heavy atom. The van der Waals surface area contributed by atoms with E-state index in [4.69, 9.17) is 11.6 Å². The number of amides is 1. The Morgan fingerprint density at radius 1 is 1.00 bits per heavy atom. The van der Waals surface area contributed by atoms with Gasteiger partial charge in [0.25, 0.3) is 0 Å². The smallest absolute Gasteiger partial charge is 0.234 e. The van der Waals surface area contributed by atoms with Crippen molar-refractivity contribution in [2.45, 2.75) is 12.1 Å². The molecule has 1 heterocycles. The maximum Gasteiger partial charge on any atom is 0.234 e. The van der Waals surface area contributed by atoms with E-state index in [2.05, 4.69) is 15.5 Å². The highest BCUT2D eigenvalue weighted by Crippen LogP contribution is 2.28. The van der Waals surface area contributed by atoms with Gasteiger partial charge in [0.15, 0.2) is 11.0 Å². The van der Waals surface area contributed by atoms with Crippen LogP contribution in [0, 0.1) is 6.92 Å². The lowest BCUT2D eigenvalue weighted by Gasteiger charge is -2.10. The van der Waals surface area contributed by atoms with Gasteiger partial charge < -0.3 is 5.32 Å². The van der Waals surface area contributed by atoms with E-state index >= 15 is 0 Å². The van der Waals surface area contributed by atoms with Crippen LogP contribution in [-0.4, -0.2) is 26.4 Å². The number of benzene rings is 3. The molecule has 0 saturated carbocycles. The quantitative estimate of drug-likeness (QED) is 0.400. The van der Waals surface area contributed by atoms with Gasteiger partial charge >= 0.3 is 0 Å². The van der Waals surface area contributed by atoms with Crippen molar-refractivity contribution in [3.63, 3.8) is 0 Å². The molecule has 1 N–H and O–H groups in total. The van der Waals surface area contributed by atoms with Crippen molar-refractivity contribution in [3.8, 4) is 17.1 Å². The highest BCUT2D eigenvalue weighted by atomic mass is 35.5. The molecule has 0 saturated heterocycles. The van der Waals surface area contributed by atoms with Gasteiger partial charge in [-0.05, 0) is 61.0 Å². The number of hydrogen-bond donors (Lipinski definition) is 1. The van der Waals surface area contributed by atoms with Gasteiger partial charge in [0.1, 0.15) is 0 Å². The lowest BCUT2D eigenvalue weighted by molar-refractivity contribution is -0.113. The molecular weight excluding hydrogens is 416 g/mol. The maximum atomic E-state index is 12.5. The standard InChI is InChI=1S/C23H19ClN4OS/c1-16-6-5-7-19(14-16)25-21(29)15-30-23-27-26-22(17-10-12-18(24)13-11-17)28(23)20-8-3-2-4-9-20/h2-14H,15H2,1H3,(H,25,29). The van der Waals surface area contributed by atoms with Crippen molar-refractivity contribution < 1.29 is 4.79 Å². The fourth-order valence-corrected chi connectivity index (χ4v) is 3.89. The van der Waals surface area contributed by atoms with E-state index in [0.29, 0.717) is 16.0 Å². The van der Waals surface area contributed by atoms with Crippen LogP contribution in [-0.2, 0) is 4.79 Å². The summed E-state index contributed by atoms with van der Waals surface area (Å²) in [5, 5.41) is 13.0. The maximum absolute atomic E-state index is 12.5. The van der Waals surface area contributed by atoms with Crippen LogP contribution < -0.4 is 5.32 Å². The van der Waals surface area contributed by atoms with Gasteiger partial charge in [-0.1, -0.05) is 53.7 Å². The Balaban J connectivity index is 1.58. The van der Waals surface area contributed by atoms with Crippen molar-refractivity contribution in [1.82, 2.24) is 14.8 Å². The first kappa shape index (κ1) is 20.2. The van der Waals surface area contributed by atoms with Crippen molar-refractivity contribution in [2.75, 3.05) is 11.1 Å². The third kappa shape index (κ3) is 4.72. The minimum Gasteiger partial charge on any atom is -0.325 e. The summed E-state index contributed by atoms with van der Waals surface area (Å²) in [5.41, 5.74) is 3.70. The van der Waals surface area contributed by atoms with Gasteiger partial charge in [0.2, 0.25) is 5.91 Å². The third-order valence-electron chi connectivity index (χ3n) is 4.38. The summed E-state index contributed by atoms with van der Waals surface area (Å²) in [6.45, 7) is 1.99. The van der Waals surface area contributed by atoms with Crippen LogP contribution >= 0.6 is 23.4 Å². The average molecular weight is 435 g/mol. The van der Waals surface area contributed by atoms with Crippen molar-refractivity contribution in [1.29, 1.82) is 0 Å². The number of carbonyl (C=O) groups excluding carboxylic acids is 1. The minimum atomic E-state index is -0.0961. The molecule has 0 radical (unpaired) electrons. The highest BCUT2D eigenvalue weighted by molar-refractivity contribution is 7.99. The second-order valence-electron chi connectivity index (χ2n) is 6.69. The van der Waals surface area contributed by atoms with Crippen LogP contribution in [0.1, 0.15) is 5.56 Å². The van der Waals surface area contributed by atoms with Gasteiger partial charge in [-0.25, -0.2) is 0 Å². The Labute approximate surface area is 184 Å². The largest absolute Gasteiger partial charge is 0.325 e. The zero-order valence-corrected chi connectivity index (χ0v) is 17.8. The van der Waals surface area contributed by atoms with Gasteiger partial charge in [0, 0.05) is 22.0 Å². The summed E-state index contributed by atoms with van der Waals surface area (Å²) < 4.78 is 1.95. The number of halogens is 1. The Hall–Kier alpha value is -3.09. The molecule has 0 aliphatic rings. The van der Waals surface area contributed by atoms with Gasteiger partial charge in [0.05, 0.1) is 5.75 Å². The normalized spacial score (nSPS) is 10.7. The molecule has 30 heavy (non-hydrogen) atoms. The first-order valence-electron chi connectivity index (χ1n) is 9.36. The second-order valence-corrected chi connectivity index (χ2v) is 8.07. The summed E-state index contributed by atoms with van der Waals surface area (Å²) in [6.07, 6.45) is 0. The number of aromatic nitrogens is 3. The van der Waals surface area contributed by atoms with Crippen LogP contribution in [0.3, 0.4) is 0 Å². The zero-order chi connectivity index (χ0) is 20.9. The van der Waals surface area contributed by atoms with E-state index in [1.165, 1.54) is 11.8 Å². The number of para-hydroxylation sites is 1. The Bertz CT molecular complexity index is 1160. The molecule has 3 aromatic carbocycles. The molecule has 1 aromatic heterocycles. The number of thioether (sulfide) groups is 1. The SMILES string of the molecule is Cc1cccc(NC(=O)CSc2nnc(-c3ccc(Cl)cc3)n2-c2ccccc2)c1. The Morgan fingerprint density at radius 2 is 1.77 bits per heavy atom. The van der Waals surface area contributed by atoms with Gasteiger partial charge in [-0.15, -0.1) is 10.2 Å². The third-order valence-corrected chi connectivity index (χ3v) is 5.57. The van der Waals surface area contributed by atoms with Crippen LogP contribution in [0.25, 0.3) is 17.1 Å². The lowest BCUT2D eigenvalue weighted by atomic mass is 10.2. The van der Waals surface area contributed by atoms with E-state index in [0.717, 1.165) is 22.5 Å². The predicted octanol–water partition coefficient (Wildman–Crippen LogP) is 5.63. The molecular formula is C23H19ClN4OS. The van der Waals surface area contributed by atoms with Crippen LogP contribution in [0.4, 0.5) is 5.69 Å². The first-order chi connectivity index (χ1) is 14.6. The molecule has 0 bridgehead atoms. The number of carbonyl (C=O) groups is 1. The molecule has 0 aliphatic heterocycles. The zero-order valence-electron chi connectivity index (χ0n) is 16.2. The minimum absolute atomic E-state index is 0.0961. The number of aryl methyl sites for hydroxylation is 1. The highest BCUT2D eigenvalue weighted by Gasteiger charge is 2.17. The molecule has 0 fully saturated rings. The number of nitrogens with zero attached hydrogens (tertiary/aromatic N) is 3. The molecule has 0 spiro atoms. The van der Waals surface area contributed by atoms with E-state index in [1.54, 1.807) is 0 Å². The molecule has 0 unspecified atom stereocenters. The first-order valence-corrected chi connectivity index (χ1v) is 10.7.